The van der Waals surface area contributed by atoms with Crippen molar-refractivity contribution in [3.63, 3.8) is 0 Å². The van der Waals surface area contributed by atoms with E-state index in [1.807, 2.05) is 54.7 Å². The molecular weight excluding hydrogens is 416 g/mol. The highest BCUT2D eigenvalue weighted by Crippen LogP contribution is 2.23. The molecule has 8 heteroatoms. The monoisotopic (exact) mass is 436 g/mol. The van der Waals surface area contributed by atoms with Gasteiger partial charge in [0.1, 0.15) is 6.54 Å². The number of hydrogen-bond acceptors (Lipinski definition) is 5. The van der Waals surface area contributed by atoms with Gasteiger partial charge < -0.3 is 5.32 Å². The molecule has 0 atom stereocenters. The van der Waals surface area contributed by atoms with Crippen molar-refractivity contribution in [3.8, 4) is 16.9 Å². The molecule has 33 heavy (non-hydrogen) atoms. The van der Waals surface area contributed by atoms with Gasteiger partial charge in [-0.25, -0.2) is 9.67 Å². The molecule has 0 saturated heterocycles. The van der Waals surface area contributed by atoms with Gasteiger partial charge in [0.2, 0.25) is 5.91 Å². The summed E-state index contributed by atoms with van der Waals surface area (Å²) in [5.74, 6) is -0.290. The van der Waals surface area contributed by atoms with Crippen LogP contribution in [-0.4, -0.2) is 30.2 Å². The van der Waals surface area contributed by atoms with Gasteiger partial charge in [-0.05, 0) is 36.4 Å². The predicted octanol–water partition coefficient (Wildman–Crippen LogP) is 2.96. The number of carbonyl (C=O) groups is 1. The number of nitrogens with one attached hydrogen (secondary N) is 1. The van der Waals surface area contributed by atoms with E-state index in [0.717, 1.165) is 22.5 Å². The van der Waals surface area contributed by atoms with Gasteiger partial charge in [-0.1, -0.05) is 30.3 Å². The van der Waals surface area contributed by atoms with Crippen LogP contribution in [0.5, 0.6) is 0 Å². The van der Waals surface area contributed by atoms with Crippen LogP contribution in [0.25, 0.3) is 27.8 Å². The number of para-hydroxylation sites is 2. The van der Waals surface area contributed by atoms with Gasteiger partial charge in [0, 0.05) is 36.3 Å². The van der Waals surface area contributed by atoms with Crippen molar-refractivity contribution in [3.05, 3.63) is 108 Å². The first kappa shape index (κ1) is 20.3. The summed E-state index contributed by atoms with van der Waals surface area (Å²) in [4.78, 5) is 33.7. The second kappa shape index (κ2) is 8.88. The van der Waals surface area contributed by atoms with Crippen molar-refractivity contribution in [1.29, 1.82) is 0 Å². The van der Waals surface area contributed by atoms with Crippen molar-refractivity contribution in [2.24, 2.45) is 0 Å². The fourth-order valence-corrected chi connectivity index (χ4v) is 3.63. The van der Waals surface area contributed by atoms with E-state index in [4.69, 9.17) is 5.10 Å². The van der Waals surface area contributed by atoms with E-state index >= 15 is 0 Å². The molecule has 0 unspecified atom stereocenters. The minimum atomic E-state index is -0.290. The van der Waals surface area contributed by atoms with E-state index in [-0.39, 0.29) is 24.6 Å². The third-order valence-corrected chi connectivity index (χ3v) is 5.29. The zero-order chi connectivity index (χ0) is 22.6. The van der Waals surface area contributed by atoms with Gasteiger partial charge in [-0.2, -0.15) is 5.10 Å². The van der Waals surface area contributed by atoms with Crippen LogP contribution in [0, 0.1) is 0 Å². The molecule has 0 aliphatic rings. The Morgan fingerprint density at radius 2 is 1.70 bits per heavy atom. The van der Waals surface area contributed by atoms with E-state index in [9.17, 15) is 9.59 Å². The summed E-state index contributed by atoms with van der Waals surface area (Å²) in [6.07, 6.45) is 6.71. The zero-order valence-electron chi connectivity index (χ0n) is 17.6. The second-order valence-corrected chi connectivity index (χ2v) is 7.49. The van der Waals surface area contributed by atoms with Gasteiger partial charge in [0.05, 0.1) is 28.6 Å². The van der Waals surface area contributed by atoms with Crippen molar-refractivity contribution < 1.29 is 4.79 Å². The van der Waals surface area contributed by atoms with Crippen molar-refractivity contribution in [2.75, 3.05) is 0 Å². The van der Waals surface area contributed by atoms with E-state index in [1.54, 1.807) is 35.3 Å². The third-order valence-electron chi connectivity index (χ3n) is 5.29. The lowest BCUT2D eigenvalue weighted by Gasteiger charge is -2.08. The van der Waals surface area contributed by atoms with E-state index in [1.165, 1.54) is 10.9 Å². The van der Waals surface area contributed by atoms with Crippen molar-refractivity contribution >= 4 is 16.8 Å². The number of aromatic nitrogens is 5. The van der Waals surface area contributed by atoms with Gasteiger partial charge in [-0.3, -0.25) is 19.1 Å². The number of amides is 1. The molecule has 5 aromatic rings. The number of fused-ring (bicyclic) bond motifs is 1. The van der Waals surface area contributed by atoms with Crippen LogP contribution in [0.15, 0.2) is 96.4 Å². The molecule has 0 saturated carbocycles. The van der Waals surface area contributed by atoms with Crippen LogP contribution in [0.4, 0.5) is 0 Å². The summed E-state index contributed by atoms with van der Waals surface area (Å²) in [7, 11) is 0. The topological polar surface area (TPSA) is 94.7 Å². The normalized spacial score (nSPS) is 10.9. The highest BCUT2D eigenvalue weighted by Gasteiger charge is 2.14. The number of carbonyl (C=O) groups excluding carboxylic acids is 1. The number of hydrogen-bond donors (Lipinski definition) is 1. The Hall–Kier alpha value is -4.59. The summed E-state index contributed by atoms with van der Waals surface area (Å²) in [6.45, 7) is 0.146. The van der Waals surface area contributed by atoms with Gasteiger partial charge in [-0.15, -0.1) is 0 Å². The van der Waals surface area contributed by atoms with E-state index in [2.05, 4.69) is 15.3 Å². The molecule has 0 radical (unpaired) electrons. The molecule has 0 spiro atoms. The molecule has 3 aromatic heterocycles. The summed E-state index contributed by atoms with van der Waals surface area (Å²) < 4.78 is 3.10. The largest absolute Gasteiger partial charge is 0.350 e. The van der Waals surface area contributed by atoms with Crippen LogP contribution < -0.4 is 10.9 Å². The summed E-state index contributed by atoms with van der Waals surface area (Å²) in [6, 6.07) is 20.6. The Bertz CT molecular complexity index is 1480. The van der Waals surface area contributed by atoms with Crippen molar-refractivity contribution in [2.45, 2.75) is 13.1 Å². The standard InChI is InChI=1S/C25H20N6O2/c32-23(16-30-17-28-22-9-5-4-8-21(22)25(30)33)27-14-19-15-31(20-6-2-1-3-7-20)29-24(19)18-10-12-26-13-11-18/h1-13,15,17H,14,16H2,(H,27,32). The number of nitrogens with zero attached hydrogens (tertiary/aromatic N) is 5. The Morgan fingerprint density at radius 1 is 0.939 bits per heavy atom. The first-order valence-electron chi connectivity index (χ1n) is 10.4. The molecule has 3 heterocycles. The Balaban J connectivity index is 1.38. The highest BCUT2D eigenvalue weighted by atomic mass is 16.2. The number of pyridine rings is 1. The Kier molecular flexibility index (Phi) is 5.47. The fourth-order valence-electron chi connectivity index (χ4n) is 3.63. The molecule has 0 aliphatic heterocycles. The summed E-state index contributed by atoms with van der Waals surface area (Å²) >= 11 is 0. The maximum Gasteiger partial charge on any atom is 0.261 e. The first-order chi connectivity index (χ1) is 16.2. The molecule has 1 amide bonds. The van der Waals surface area contributed by atoms with Gasteiger partial charge >= 0.3 is 0 Å². The van der Waals surface area contributed by atoms with Crippen LogP contribution in [0.1, 0.15) is 5.56 Å². The minimum Gasteiger partial charge on any atom is -0.350 e. The molecule has 1 N–H and O–H groups in total. The van der Waals surface area contributed by atoms with Crippen LogP contribution in [-0.2, 0) is 17.9 Å². The Morgan fingerprint density at radius 3 is 2.52 bits per heavy atom. The number of benzene rings is 2. The zero-order valence-corrected chi connectivity index (χ0v) is 17.6. The molecule has 0 aliphatic carbocycles. The molecule has 8 nitrogen and oxygen atoms in total. The highest BCUT2D eigenvalue weighted by molar-refractivity contribution is 5.79. The molecule has 0 bridgehead atoms. The first-order valence-corrected chi connectivity index (χ1v) is 10.4. The molecule has 5 rings (SSSR count). The predicted molar refractivity (Wildman–Crippen MR) is 125 cm³/mol. The third kappa shape index (κ3) is 4.27. The average molecular weight is 436 g/mol. The quantitative estimate of drug-likeness (QED) is 0.442. The number of rotatable bonds is 6. The Labute approximate surface area is 189 Å². The molecular formula is C25H20N6O2. The van der Waals surface area contributed by atoms with Crippen LogP contribution in [0.3, 0.4) is 0 Å². The van der Waals surface area contributed by atoms with Gasteiger partial charge in [0.15, 0.2) is 0 Å². The fraction of sp³-hybridized carbons (Fsp3) is 0.0800. The second-order valence-electron chi connectivity index (χ2n) is 7.49. The van der Waals surface area contributed by atoms with Crippen LogP contribution in [0.2, 0.25) is 0 Å². The lowest BCUT2D eigenvalue weighted by atomic mass is 10.1. The maximum absolute atomic E-state index is 12.7. The molecule has 0 fully saturated rings. The van der Waals surface area contributed by atoms with E-state index in [0.29, 0.717) is 10.9 Å². The lowest BCUT2D eigenvalue weighted by Crippen LogP contribution is -2.32. The van der Waals surface area contributed by atoms with Crippen molar-refractivity contribution in [1.82, 2.24) is 29.6 Å². The van der Waals surface area contributed by atoms with Crippen LogP contribution >= 0.6 is 0 Å². The SMILES string of the molecule is O=C(Cn1cnc2ccccc2c1=O)NCc1cn(-c2ccccc2)nc1-c1ccncc1. The van der Waals surface area contributed by atoms with Gasteiger partial charge in [0.25, 0.3) is 5.56 Å². The smallest absolute Gasteiger partial charge is 0.261 e. The lowest BCUT2D eigenvalue weighted by molar-refractivity contribution is -0.121. The average Bonchev–Trinajstić information content (AvgIpc) is 3.30. The molecule has 2 aromatic carbocycles. The minimum absolute atomic E-state index is 0.117. The summed E-state index contributed by atoms with van der Waals surface area (Å²) in [5.41, 5.74) is 3.78. The molecule has 162 valence electrons. The summed E-state index contributed by atoms with van der Waals surface area (Å²) in [5, 5.41) is 8.12. The van der Waals surface area contributed by atoms with E-state index < -0.39 is 0 Å². The maximum atomic E-state index is 12.7.